The van der Waals surface area contributed by atoms with Crippen LogP contribution in [0.15, 0.2) is 83.8 Å². The standard InChI is InChI=1S/C22H21FN2O3S/c1-24(16-18-8-6-7-11-21(18)23)22(26)17-12-14-19(15-13-17)25(2)29(27,28)20-9-4-3-5-10-20/h3-15H,16H2,1-2H3. The van der Waals surface area contributed by atoms with Gasteiger partial charge in [0.1, 0.15) is 5.82 Å². The van der Waals surface area contributed by atoms with Gasteiger partial charge in [0.25, 0.3) is 15.9 Å². The van der Waals surface area contributed by atoms with Gasteiger partial charge in [-0.15, -0.1) is 0 Å². The molecule has 29 heavy (non-hydrogen) atoms. The molecule has 1 amide bonds. The number of rotatable bonds is 6. The normalized spacial score (nSPS) is 11.1. The number of carbonyl (C=O) groups is 1. The van der Waals surface area contributed by atoms with Crippen molar-refractivity contribution in [2.45, 2.75) is 11.4 Å². The van der Waals surface area contributed by atoms with Crippen LogP contribution in [-0.4, -0.2) is 33.3 Å². The average molecular weight is 412 g/mol. The maximum Gasteiger partial charge on any atom is 0.264 e. The number of anilines is 1. The van der Waals surface area contributed by atoms with Gasteiger partial charge < -0.3 is 4.90 Å². The highest BCUT2D eigenvalue weighted by atomic mass is 32.2. The van der Waals surface area contributed by atoms with E-state index in [9.17, 15) is 17.6 Å². The SMILES string of the molecule is CN(Cc1ccccc1F)C(=O)c1ccc(N(C)S(=O)(=O)c2ccccc2)cc1. The zero-order chi connectivity index (χ0) is 21.0. The van der Waals surface area contributed by atoms with E-state index in [0.717, 1.165) is 0 Å². The van der Waals surface area contributed by atoms with E-state index >= 15 is 0 Å². The molecule has 7 heteroatoms. The minimum absolute atomic E-state index is 0.134. The van der Waals surface area contributed by atoms with Gasteiger partial charge in [0, 0.05) is 31.8 Å². The Balaban J connectivity index is 1.76. The molecule has 3 aromatic rings. The third-order valence-corrected chi connectivity index (χ3v) is 6.39. The summed E-state index contributed by atoms with van der Waals surface area (Å²) in [5.74, 6) is -0.649. The Morgan fingerprint density at radius 2 is 1.45 bits per heavy atom. The van der Waals surface area contributed by atoms with Crippen LogP contribution >= 0.6 is 0 Å². The Hall–Kier alpha value is -3.19. The second-order valence-electron chi connectivity index (χ2n) is 6.59. The van der Waals surface area contributed by atoms with Gasteiger partial charge in [-0.1, -0.05) is 36.4 Å². The van der Waals surface area contributed by atoms with Crippen LogP contribution in [-0.2, 0) is 16.6 Å². The number of carbonyl (C=O) groups excluding carboxylic acids is 1. The summed E-state index contributed by atoms with van der Waals surface area (Å²) in [5, 5.41) is 0. The van der Waals surface area contributed by atoms with Crippen LogP contribution in [0.3, 0.4) is 0 Å². The van der Waals surface area contributed by atoms with Gasteiger partial charge in [0.2, 0.25) is 0 Å². The van der Waals surface area contributed by atoms with Gasteiger partial charge in [0.15, 0.2) is 0 Å². The number of nitrogens with zero attached hydrogens (tertiary/aromatic N) is 2. The molecule has 0 fully saturated rings. The van der Waals surface area contributed by atoms with Gasteiger partial charge >= 0.3 is 0 Å². The van der Waals surface area contributed by atoms with E-state index in [-0.39, 0.29) is 23.2 Å². The molecule has 0 bridgehead atoms. The second kappa shape index (κ2) is 8.45. The van der Waals surface area contributed by atoms with Crippen LogP contribution in [0.5, 0.6) is 0 Å². The van der Waals surface area contributed by atoms with E-state index in [1.54, 1.807) is 67.7 Å². The van der Waals surface area contributed by atoms with E-state index in [1.807, 2.05) is 0 Å². The quantitative estimate of drug-likeness (QED) is 0.617. The molecule has 150 valence electrons. The number of hydrogen-bond acceptors (Lipinski definition) is 3. The van der Waals surface area contributed by atoms with Gasteiger partial charge in [-0.05, 0) is 42.5 Å². The molecule has 0 heterocycles. The molecule has 3 rings (SSSR count). The minimum atomic E-state index is -3.69. The van der Waals surface area contributed by atoms with E-state index in [1.165, 1.54) is 34.5 Å². The fourth-order valence-corrected chi connectivity index (χ4v) is 4.09. The number of sulfonamides is 1. The molecule has 0 atom stereocenters. The van der Waals surface area contributed by atoms with E-state index in [4.69, 9.17) is 0 Å². The van der Waals surface area contributed by atoms with Crippen LogP contribution in [0.2, 0.25) is 0 Å². The summed E-state index contributed by atoms with van der Waals surface area (Å²) >= 11 is 0. The Kier molecular flexibility index (Phi) is 5.98. The Morgan fingerprint density at radius 1 is 0.862 bits per heavy atom. The maximum atomic E-state index is 13.8. The molecular formula is C22H21FN2O3S. The van der Waals surface area contributed by atoms with Crippen molar-refractivity contribution in [2.24, 2.45) is 0 Å². The molecule has 0 N–H and O–H groups in total. The summed E-state index contributed by atoms with van der Waals surface area (Å²) in [7, 11) is -0.637. The lowest BCUT2D eigenvalue weighted by Gasteiger charge is -2.21. The first-order chi connectivity index (χ1) is 13.8. The van der Waals surface area contributed by atoms with Crippen molar-refractivity contribution in [3.63, 3.8) is 0 Å². The molecule has 0 unspecified atom stereocenters. The maximum absolute atomic E-state index is 13.8. The lowest BCUT2D eigenvalue weighted by Crippen LogP contribution is -2.28. The highest BCUT2D eigenvalue weighted by Crippen LogP contribution is 2.22. The van der Waals surface area contributed by atoms with Crippen molar-refractivity contribution < 1.29 is 17.6 Å². The van der Waals surface area contributed by atoms with Gasteiger partial charge in [0.05, 0.1) is 10.6 Å². The summed E-state index contributed by atoms with van der Waals surface area (Å²) < 4.78 is 40.4. The molecule has 0 aliphatic heterocycles. The predicted octanol–water partition coefficient (Wildman–Crippen LogP) is 3.92. The van der Waals surface area contributed by atoms with Crippen molar-refractivity contribution in [2.75, 3.05) is 18.4 Å². The van der Waals surface area contributed by atoms with Crippen molar-refractivity contribution in [3.05, 3.63) is 95.8 Å². The Morgan fingerprint density at radius 3 is 2.07 bits per heavy atom. The number of halogens is 1. The predicted molar refractivity (Wildman–Crippen MR) is 111 cm³/mol. The highest BCUT2D eigenvalue weighted by Gasteiger charge is 2.21. The summed E-state index contributed by atoms with van der Waals surface area (Å²) in [6.07, 6.45) is 0. The third-order valence-electron chi connectivity index (χ3n) is 4.59. The molecule has 0 spiro atoms. The van der Waals surface area contributed by atoms with Crippen molar-refractivity contribution in [1.29, 1.82) is 0 Å². The summed E-state index contributed by atoms with van der Waals surface area (Å²) in [4.78, 5) is 14.2. The highest BCUT2D eigenvalue weighted by molar-refractivity contribution is 7.92. The zero-order valence-corrected chi connectivity index (χ0v) is 16.9. The topological polar surface area (TPSA) is 57.7 Å². The van der Waals surface area contributed by atoms with Crippen molar-refractivity contribution in [3.8, 4) is 0 Å². The first-order valence-corrected chi connectivity index (χ1v) is 10.4. The second-order valence-corrected chi connectivity index (χ2v) is 8.55. The van der Waals surface area contributed by atoms with Crippen LogP contribution in [0, 0.1) is 5.82 Å². The van der Waals surface area contributed by atoms with Crippen LogP contribution in [0.25, 0.3) is 0 Å². The molecule has 5 nitrogen and oxygen atoms in total. The minimum Gasteiger partial charge on any atom is -0.337 e. The largest absolute Gasteiger partial charge is 0.337 e. The summed E-state index contributed by atoms with van der Waals surface area (Å²) in [6.45, 7) is 0.134. The van der Waals surface area contributed by atoms with E-state index in [0.29, 0.717) is 16.8 Å². The Labute approximate surface area is 170 Å². The van der Waals surface area contributed by atoms with Crippen molar-refractivity contribution in [1.82, 2.24) is 4.90 Å². The van der Waals surface area contributed by atoms with Crippen LogP contribution < -0.4 is 4.31 Å². The first-order valence-electron chi connectivity index (χ1n) is 8.93. The number of hydrogen-bond donors (Lipinski definition) is 0. The molecule has 0 aliphatic carbocycles. The van der Waals surface area contributed by atoms with Crippen molar-refractivity contribution >= 4 is 21.6 Å². The smallest absolute Gasteiger partial charge is 0.264 e. The van der Waals surface area contributed by atoms with Crippen LogP contribution in [0.1, 0.15) is 15.9 Å². The van der Waals surface area contributed by atoms with Crippen LogP contribution in [0.4, 0.5) is 10.1 Å². The lowest BCUT2D eigenvalue weighted by atomic mass is 10.1. The van der Waals surface area contributed by atoms with Gasteiger partial charge in [-0.3, -0.25) is 9.10 Å². The molecule has 0 saturated carbocycles. The third kappa shape index (κ3) is 4.46. The lowest BCUT2D eigenvalue weighted by molar-refractivity contribution is 0.0784. The molecule has 0 aliphatic rings. The molecule has 0 radical (unpaired) electrons. The van der Waals surface area contributed by atoms with Gasteiger partial charge in [-0.2, -0.15) is 0 Å². The number of benzene rings is 3. The fraction of sp³-hybridized carbons (Fsp3) is 0.136. The average Bonchev–Trinajstić information content (AvgIpc) is 2.75. The van der Waals surface area contributed by atoms with E-state index in [2.05, 4.69) is 0 Å². The van der Waals surface area contributed by atoms with E-state index < -0.39 is 10.0 Å². The number of amides is 1. The molecule has 0 saturated heterocycles. The molecule has 0 aromatic heterocycles. The molecular weight excluding hydrogens is 391 g/mol. The molecule has 3 aromatic carbocycles. The Bertz CT molecular complexity index is 1100. The fourth-order valence-electron chi connectivity index (χ4n) is 2.88. The monoisotopic (exact) mass is 412 g/mol. The summed E-state index contributed by atoms with van der Waals surface area (Å²) in [6, 6.07) is 20.7. The van der Waals surface area contributed by atoms with Gasteiger partial charge in [-0.25, -0.2) is 12.8 Å². The zero-order valence-electron chi connectivity index (χ0n) is 16.1. The summed E-state index contributed by atoms with van der Waals surface area (Å²) in [5.41, 5.74) is 1.24. The first kappa shape index (κ1) is 20.5.